The number of benzene rings is 1. The van der Waals surface area contributed by atoms with Gasteiger partial charge in [-0.3, -0.25) is 0 Å². The van der Waals surface area contributed by atoms with E-state index in [1.807, 2.05) is 19.9 Å². The molecule has 0 aromatic heterocycles. The molecule has 0 aliphatic carbocycles. The van der Waals surface area contributed by atoms with Crippen molar-refractivity contribution in [1.82, 2.24) is 0 Å². The number of hydrogen-bond acceptors (Lipinski definition) is 1. The zero-order valence-electron chi connectivity index (χ0n) is 7.49. The molecule has 1 nitrogen and oxygen atoms in total. The van der Waals surface area contributed by atoms with Crippen molar-refractivity contribution in [3.63, 3.8) is 0 Å². The Balaban J connectivity index is 0.000000561. The zero-order chi connectivity index (χ0) is 9.56. The third-order valence-corrected chi connectivity index (χ3v) is 1.61. The first-order valence-corrected chi connectivity index (χ1v) is 4.65. The second-order valence-corrected chi connectivity index (χ2v) is 2.82. The van der Waals surface area contributed by atoms with Crippen molar-refractivity contribution in [2.75, 3.05) is 12.4 Å². The molecule has 1 aromatic rings. The van der Waals surface area contributed by atoms with E-state index in [-0.39, 0.29) is 5.82 Å². The van der Waals surface area contributed by atoms with Crippen molar-refractivity contribution in [1.29, 1.82) is 0 Å². The SMILES string of the molecule is CC.CNc1cc(F)cc(Br)c1. The first-order valence-electron chi connectivity index (χ1n) is 3.86. The Labute approximate surface area is 81.1 Å². The van der Waals surface area contributed by atoms with Crippen LogP contribution in [0, 0.1) is 5.82 Å². The topological polar surface area (TPSA) is 12.0 Å². The number of anilines is 1. The Kier molecular flexibility index (Phi) is 5.72. The first kappa shape index (κ1) is 11.4. The summed E-state index contributed by atoms with van der Waals surface area (Å²) in [6.45, 7) is 4.00. The molecular formula is C9H13BrFN. The molecule has 68 valence electrons. The van der Waals surface area contributed by atoms with Gasteiger partial charge in [0, 0.05) is 17.2 Å². The molecule has 1 N–H and O–H groups in total. The Morgan fingerprint density at radius 3 is 2.25 bits per heavy atom. The van der Waals surface area contributed by atoms with Crippen LogP contribution in [0.4, 0.5) is 10.1 Å². The van der Waals surface area contributed by atoms with Crippen molar-refractivity contribution < 1.29 is 4.39 Å². The molecule has 0 spiro atoms. The van der Waals surface area contributed by atoms with Gasteiger partial charge in [0.15, 0.2) is 0 Å². The number of hydrogen-bond donors (Lipinski definition) is 1. The maximum absolute atomic E-state index is 12.5. The average molecular weight is 234 g/mol. The van der Waals surface area contributed by atoms with Crippen molar-refractivity contribution >= 4 is 21.6 Å². The van der Waals surface area contributed by atoms with Gasteiger partial charge in [0.05, 0.1) is 0 Å². The molecule has 0 radical (unpaired) electrons. The van der Waals surface area contributed by atoms with E-state index in [0.717, 1.165) is 10.2 Å². The highest BCUT2D eigenvalue weighted by atomic mass is 79.9. The molecule has 0 unspecified atom stereocenters. The van der Waals surface area contributed by atoms with Gasteiger partial charge in [0.1, 0.15) is 5.82 Å². The summed E-state index contributed by atoms with van der Waals surface area (Å²) in [5.41, 5.74) is 0.770. The summed E-state index contributed by atoms with van der Waals surface area (Å²) in [6.07, 6.45) is 0. The van der Waals surface area contributed by atoms with Crippen molar-refractivity contribution in [2.24, 2.45) is 0 Å². The summed E-state index contributed by atoms with van der Waals surface area (Å²) < 4.78 is 13.3. The minimum atomic E-state index is -0.237. The Morgan fingerprint density at radius 1 is 1.25 bits per heavy atom. The minimum absolute atomic E-state index is 0.237. The highest BCUT2D eigenvalue weighted by Crippen LogP contribution is 2.17. The van der Waals surface area contributed by atoms with E-state index < -0.39 is 0 Å². The molecule has 3 heteroatoms. The molecule has 0 saturated carbocycles. The molecule has 0 amide bonds. The molecule has 0 atom stereocenters. The van der Waals surface area contributed by atoms with E-state index in [0.29, 0.717) is 0 Å². The molecule has 0 fully saturated rings. The number of nitrogens with one attached hydrogen (secondary N) is 1. The highest BCUT2D eigenvalue weighted by Gasteiger charge is 1.94. The fourth-order valence-corrected chi connectivity index (χ4v) is 1.16. The summed E-state index contributed by atoms with van der Waals surface area (Å²) >= 11 is 3.17. The van der Waals surface area contributed by atoms with Gasteiger partial charge in [-0.05, 0) is 18.2 Å². The van der Waals surface area contributed by atoms with Crippen LogP contribution in [0.25, 0.3) is 0 Å². The minimum Gasteiger partial charge on any atom is -0.388 e. The fraction of sp³-hybridized carbons (Fsp3) is 0.333. The van der Waals surface area contributed by atoms with Crippen LogP contribution in [0.5, 0.6) is 0 Å². The molecule has 0 bridgehead atoms. The number of rotatable bonds is 1. The van der Waals surface area contributed by atoms with E-state index in [1.165, 1.54) is 12.1 Å². The smallest absolute Gasteiger partial charge is 0.126 e. The summed E-state index contributed by atoms with van der Waals surface area (Å²) in [5.74, 6) is -0.237. The molecule has 1 rings (SSSR count). The van der Waals surface area contributed by atoms with Crippen molar-refractivity contribution in [3.8, 4) is 0 Å². The quantitative estimate of drug-likeness (QED) is 0.781. The van der Waals surface area contributed by atoms with Gasteiger partial charge in [0.25, 0.3) is 0 Å². The number of halogens is 2. The summed E-state index contributed by atoms with van der Waals surface area (Å²) in [4.78, 5) is 0. The average Bonchev–Trinajstić information content (AvgIpc) is 2.06. The van der Waals surface area contributed by atoms with E-state index in [2.05, 4.69) is 21.2 Å². The van der Waals surface area contributed by atoms with Gasteiger partial charge >= 0.3 is 0 Å². The van der Waals surface area contributed by atoms with Gasteiger partial charge in [-0.25, -0.2) is 4.39 Å². The largest absolute Gasteiger partial charge is 0.388 e. The normalized spacial score (nSPS) is 8.42. The van der Waals surface area contributed by atoms with Crippen LogP contribution in [0.3, 0.4) is 0 Å². The maximum atomic E-state index is 12.5. The van der Waals surface area contributed by atoms with Crippen LogP contribution in [-0.2, 0) is 0 Å². The maximum Gasteiger partial charge on any atom is 0.126 e. The van der Waals surface area contributed by atoms with Gasteiger partial charge in [-0.1, -0.05) is 29.8 Å². The summed E-state index contributed by atoms with van der Waals surface area (Å²) in [5, 5.41) is 2.84. The summed E-state index contributed by atoms with van der Waals surface area (Å²) in [7, 11) is 1.75. The lowest BCUT2D eigenvalue weighted by Crippen LogP contribution is -1.88. The second-order valence-electron chi connectivity index (χ2n) is 1.91. The third-order valence-electron chi connectivity index (χ3n) is 1.15. The van der Waals surface area contributed by atoms with Crippen LogP contribution in [-0.4, -0.2) is 7.05 Å². The Bertz CT molecular complexity index is 218. The van der Waals surface area contributed by atoms with Crippen LogP contribution in [0.1, 0.15) is 13.8 Å². The van der Waals surface area contributed by atoms with Crippen LogP contribution in [0.2, 0.25) is 0 Å². The summed E-state index contributed by atoms with van der Waals surface area (Å²) in [6, 6.07) is 4.66. The van der Waals surface area contributed by atoms with Gasteiger partial charge in [-0.2, -0.15) is 0 Å². The highest BCUT2D eigenvalue weighted by molar-refractivity contribution is 9.10. The zero-order valence-corrected chi connectivity index (χ0v) is 9.07. The van der Waals surface area contributed by atoms with Crippen LogP contribution in [0.15, 0.2) is 22.7 Å². The first-order chi connectivity index (χ1) is 5.72. The fourth-order valence-electron chi connectivity index (χ4n) is 0.698. The van der Waals surface area contributed by atoms with Gasteiger partial charge < -0.3 is 5.32 Å². The standard InChI is InChI=1S/C7H7BrFN.C2H6/c1-10-7-3-5(8)2-6(9)4-7;1-2/h2-4,10H,1H3;1-2H3. The third kappa shape index (κ3) is 3.72. The van der Waals surface area contributed by atoms with Crippen LogP contribution >= 0.6 is 15.9 Å². The molecular weight excluding hydrogens is 221 g/mol. The lowest BCUT2D eigenvalue weighted by Gasteiger charge is -1.99. The lowest BCUT2D eigenvalue weighted by atomic mass is 10.3. The predicted octanol–water partition coefficient (Wildman–Crippen LogP) is 3.66. The van der Waals surface area contributed by atoms with Crippen molar-refractivity contribution in [3.05, 3.63) is 28.5 Å². The van der Waals surface area contributed by atoms with Crippen LogP contribution < -0.4 is 5.32 Å². The van der Waals surface area contributed by atoms with E-state index >= 15 is 0 Å². The van der Waals surface area contributed by atoms with E-state index in [1.54, 1.807) is 7.05 Å². The molecule has 12 heavy (non-hydrogen) atoms. The molecule has 0 aliphatic rings. The monoisotopic (exact) mass is 233 g/mol. The van der Waals surface area contributed by atoms with E-state index in [9.17, 15) is 4.39 Å². The van der Waals surface area contributed by atoms with Gasteiger partial charge in [-0.15, -0.1) is 0 Å². The van der Waals surface area contributed by atoms with Gasteiger partial charge in [0.2, 0.25) is 0 Å². The molecule has 0 heterocycles. The lowest BCUT2D eigenvalue weighted by molar-refractivity contribution is 0.627. The molecule has 0 aliphatic heterocycles. The second kappa shape index (κ2) is 6.00. The van der Waals surface area contributed by atoms with Crippen molar-refractivity contribution in [2.45, 2.75) is 13.8 Å². The Morgan fingerprint density at radius 2 is 1.83 bits per heavy atom. The molecule has 1 aromatic carbocycles. The van der Waals surface area contributed by atoms with E-state index in [4.69, 9.17) is 0 Å². The Hall–Kier alpha value is -0.570. The molecule has 0 saturated heterocycles. The predicted molar refractivity (Wildman–Crippen MR) is 55.0 cm³/mol.